The lowest BCUT2D eigenvalue weighted by Crippen LogP contribution is -2.44. The Morgan fingerprint density at radius 1 is 1.19 bits per heavy atom. The molecule has 0 aliphatic heterocycles. The van der Waals surface area contributed by atoms with Crippen molar-refractivity contribution < 1.29 is 28.6 Å². The highest BCUT2D eigenvalue weighted by Gasteiger charge is 2.26. The van der Waals surface area contributed by atoms with E-state index in [2.05, 4.69) is 5.32 Å². The smallest absolute Gasteiger partial charge is 0.326 e. The van der Waals surface area contributed by atoms with Crippen molar-refractivity contribution in [2.45, 2.75) is 19.9 Å². The number of rotatable bonds is 6. The molecular weight excluding hydrogens is 281 g/mol. The number of hydrogen-bond donors (Lipinski definition) is 2. The average molecular weight is 299 g/mol. The number of carboxylic acid groups (broad SMARTS) is 1. The van der Waals surface area contributed by atoms with Crippen LogP contribution in [0.5, 0.6) is 11.5 Å². The Labute approximate surface area is 121 Å². The van der Waals surface area contributed by atoms with Gasteiger partial charge in [-0.25, -0.2) is 9.18 Å². The van der Waals surface area contributed by atoms with E-state index in [0.29, 0.717) is 0 Å². The fourth-order valence-corrected chi connectivity index (χ4v) is 1.76. The van der Waals surface area contributed by atoms with Crippen LogP contribution in [0.1, 0.15) is 24.2 Å². The summed E-state index contributed by atoms with van der Waals surface area (Å²) >= 11 is 0. The van der Waals surface area contributed by atoms with Gasteiger partial charge in [0.25, 0.3) is 5.91 Å². The first-order valence-electron chi connectivity index (χ1n) is 6.27. The highest BCUT2D eigenvalue weighted by Crippen LogP contribution is 2.29. The fourth-order valence-electron chi connectivity index (χ4n) is 1.76. The van der Waals surface area contributed by atoms with Gasteiger partial charge in [-0.2, -0.15) is 0 Å². The first-order chi connectivity index (χ1) is 9.81. The van der Waals surface area contributed by atoms with Gasteiger partial charge >= 0.3 is 5.97 Å². The first-order valence-corrected chi connectivity index (χ1v) is 6.27. The summed E-state index contributed by atoms with van der Waals surface area (Å²) in [6.07, 6.45) is 0. The number of amides is 1. The van der Waals surface area contributed by atoms with Gasteiger partial charge in [-0.05, 0) is 12.0 Å². The molecule has 0 unspecified atom stereocenters. The van der Waals surface area contributed by atoms with Crippen LogP contribution >= 0.6 is 0 Å². The van der Waals surface area contributed by atoms with Gasteiger partial charge in [0.1, 0.15) is 11.9 Å². The quantitative estimate of drug-likeness (QED) is 0.835. The molecule has 0 spiro atoms. The lowest BCUT2D eigenvalue weighted by atomic mass is 10.0. The molecule has 1 aromatic carbocycles. The van der Waals surface area contributed by atoms with Crippen LogP contribution < -0.4 is 14.8 Å². The lowest BCUT2D eigenvalue weighted by molar-refractivity contribution is -0.140. The van der Waals surface area contributed by atoms with Gasteiger partial charge in [-0.3, -0.25) is 4.79 Å². The van der Waals surface area contributed by atoms with Crippen molar-refractivity contribution in [3.8, 4) is 11.5 Å². The minimum Gasteiger partial charge on any atom is -0.493 e. The number of carboxylic acids is 1. The number of hydrogen-bond acceptors (Lipinski definition) is 4. The van der Waals surface area contributed by atoms with Gasteiger partial charge in [-0.1, -0.05) is 13.8 Å². The Hall–Kier alpha value is -2.31. The second-order valence-corrected chi connectivity index (χ2v) is 4.72. The topological polar surface area (TPSA) is 84.9 Å². The van der Waals surface area contributed by atoms with Gasteiger partial charge in [0, 0.05) is 6.07 Å². The zero-order chi connectivity index (χ0) is 16.2. The Bertz CT molecular complexity index is 544. The van der Waals surface area contributed by atoms with Crippen molar-refractivity contribution in [1.82, 2.24) is 5.32 Å². The van der Waals surface area contributed by atoms with Gasteiger partial charge in [0.2, 0.25) is 0 Å². The highest BCUT2D eigenvalue weighted by atomic mass is 19.1. The molecule has 7 heteroatoms. The highest BCUT2D eigenvalue weighted by molar-refractivity contribution is 5.97. The van der Waals surface area contributed by atoms with E-state index in [0.717, 1.165) is 6.07 Å². The Morgan fingerprint density at radius 3 is 2.14 bits per heavy atom. The maximum atomic E-state index is 13.9. The molecule has 0 aromatic heterocycles. The van der Waals surface area contributed by atoms with Crippen LogP contribution in [0.25, 0.3) is 0 Å². The third kappa shape index (κ3) is 3.84. The normalized spacial score (nSPS) is 11.9. The largest absolute Gasteiger partial charge is 0.493 e. The lowest BCUT2D eigenvalue weighted by Gasteiger charge is -2.18. The Balaban J connectivity index is 3.10. The Morgan fingerprint density at radius 2 is 1.71 bits per heavy atom. The standard InChI is InChI=1S/C14H18FNO5/c1-7(2)12(14(18)19)16-13(17)8-5-10(20-3)11(21-4)6-9(8)15/h5-7,12H,1-4H3,(H,16,17)(H,18,19)/t12-/m0/s1. The van der Waals surface area contributed by atoms with Crippen molar-refractivity contribution >= 4 is 11.9 Å². The van der Waals surface area contributed by atoms with E-state index < -0.39 is 23.7 Å². The van der Waals surface area contributed by atoms with Crippen molar-refractivity contribution in [2.24, 2.45) is 5.92 Å². The van der Waals surface area contributed by atoms with Crippen LogP contribution in [0, 0.1) is 11.7 Å². The molecular formula is C14H18FNO5. The molecule has 1 rings (SSSR count). The number of halogens is 1. The summed E-state index contributed by atoms with van der Waals surface area (Å²) in [4.78, 5) is 23.1. The number of ether oxygens (including phenoxy) is 2. The van der Waals surface area contributed by atoms with Crippen molar-refractivity contribution in [2.75, 3.05) is 14.2 Å². The third-order valence-electron chi connectivity index (χ3n) is 2.94. The summed E-state index contributed by atoms with van der Waals surface area (Å²) in [5.74, 6) is -2.84. The molecule has 0 aliphatic rings. The SMILES string of the molecule is COc1cc(F)c(C(=O)N[C@H](C(=O)O)C(C)C)cc1OC. The van der Waals surface area contributed by atoms with E-state index >= 15 is 0 Å². The van der Waals surface area contributed by atoms with E-state index in [1.165, 1.54) is 20.3 Å². The van der Waals surface area contributed by atoms with Gasteiger partial charge in [0.05, 0.1) is 19.8 Å². The number of aliphatic carboxylic acids is 1. The molecule has 6 nitrogen and oxygen atoms in total. The van der Waals surface area contributed by atoms with Crippen LogP contribution in [0.15, 0.2) is 12.1 Å². The van der Waals surface area contributed by atoms with Gasteiger partial charge < -0.3 is 19.9 Å². The van der Waals surface area contributed by atoms with Gasteiger partial charge in [0.15, 0.2) is 11.5 Å². The second kappa shape index (κ2) is 6.92. The molecule has 0 saturated carbocycles. The van der Waals surface area contributed by atoms with E-state index in [9.17, 15) is 14.0 Å². The molecule has 0 radical (unpaired) electrons. The van der Waals surface area contributed by atoms with E-state index in [1.54, 1.807) is 13.8 Å². The molecule has 0 saturated heterocycles. The van der Waals surface area contributed by atoms with Crippen molar-refractivity contribution in [3.05, 3.63) is 23.5 Å². The number of nitrogens with one attached hydrogen (secondary N) is 1. The molecule has 21 heavy (non-hydrogen) atoms. The minimum atomic E-state index is -1.18. The van der Waals surface area contributed by atoms with Crippen LogP contribution in [0.2, 0.25) is 0 Å². The predicted molar refractivity (Wildman–Crippen MR) is 73.2 cm³/mol. The summed E-state index contributed by atoms with van der Waals surface area (Å²) in [5.41, 5.74) is -0.306. The summed E-state index contributed by atoms with van der Waals surface area (Å²) in [6, 6.07) is 1.08. The van der Waals surface area contributed by atoms with Crippen LogP contribution in [-0.2, 0) is 4.79 Å². The average Bonchev–Trinajstić information content (AvgIpc) is 2.43. The molecule has 1 atom stereocenters. The molecule has 116 valence electrons. The van der Waals surface area contributed by atoms with Crippen molar-refractivity contribution in [1.29, 1.82) is 0 Å². The summed E-state index contributed by atoms with van der Waals surface area (Å²) in [6.45, 7) is 3.29. The Kier molecular flexibility index (Phi) is 5.52. The zero-order valence-electron chi connectivity index (χ0n) is 12.3. The van der Waals surface area contributed by atoms with Crippen LogP contribution in [0.3, 0.4) is 0 Å². The first kappa shape index (κ1) is 16.7. The molecule has 2 N–H and O–H groups in total. The van der Waals surface area contributed by atoms with Crippen molar-refractivity contribution in [3.63, 3.8) is 0 Å². The number of carbonyl (C=O) groups excluding carboxylic acids is 1. The van der Waals surface area contributed by atoms with Crippen LogP contribution in [-0.4, -0.2) is 37.2 Å². The molecule has 1 aromatic rings. The fraction of sp³-hybridized carbons (Fsp3) is 0.429. The summed E-state index contributed by atoms with van der Waals surface area (Å²) < 4.78 is 23.8. The van der Waals surface area contributed by atoms with E-state index in [1.807, 2.05) is 0 Å². The molecule has 0 aliphatic carbocycles. The van der Waals surface area contributed by atoms with E-state index in [4.69, 9.17) is 14.6 Å². The van der Waals surface area contributed by atoms with E-state index in [-0.39, 0.29) is 23.0 Å². The summed E-state index contributed by atoms with van der Waals surface area (Å²) in [5, 5.41) is 11.3. The summed E-state index contributed by atoms with van der Waals surface area (Å²) in [7, 11) is 2.70. The predicted octanol–water partition coefficient (Wildman–Crippen LogP) is 1.68. The van der Waals surface area contributed by atoms with Gasteiger partial charge in [-0.15, -0.1) is 0 Å². The maximum Gasteiger partial charge on any atom is 0.326 e. The monoisotopic (exact) mass is 299 g/mol. The number of methoxy groups -OCH3 is 2. The minimum absolute atomic E-state index is 0.144. The molecule has 0 bridgehead atoms. The second-order valence-electron chi connectivity index (χ2n) is 4.72. The number of benzene rings is 1. The molecule has 1 amide bonds. The molecule has 0 fully saturated rings. The number of carbonyl (C=O) groups is 2. The molecule has 0 heterocycles. The maximum absolute atomic E-state index is 13.9. The zero-order valence-corrected chi connectivity index (χ0v) is 12.3. The third-order valence-corrected chi connectivity index (χ3v) is 2.94. The van der Waals surface area contributed by atoms with Crippen LogP contribution in [0.4, 0.5) is 4.39 Å².